The van der Waals surface area contributed by atoms with E-state index in [1.54, 1.807) is 27.7 Å². The Balaban J connectivity index is 1.96. The van der Waals surface area contributed by atoms with E-state index in [0.29, 0.717) is 27.8 Å². The predicted molar refractivity (Wildman–Crippen MR) is 136 cm³/mol. The van der Waals surface area contributed by atoms with Crippen molar-refractivity contribution in [2.24, 2.45) is 0 Å². The smallest absolute Gasteiger partial charge is 0.347 e. The fraction of sp³-hybridized carbons (Fsp3) is 0.310. The maximum Gasteiger partial charge on any atom is 0.347 e. The van der Waals surface area contributed by atoms with Crippen molar-refractivity contribution in [3.05, 3.63) is 86.2 Å². The normalized spacial score (nSPS) is 10.8. The summed E-state index contributed by atoms with van der Waals surface area (Å²) >= 11 is 0. The van der Waals surface area contributed by atoms with Crippen molar-refractivity contribution in [1.29, 1.82) is 0 Å². The molecule has 196 valence electrons. The van der Waals surface area contributed by atoms with Crippen LogP contribution in [0.1, 0.15) is 59.7 Å². The molecule has 0 aromatic heterocycles. The molecule has 0 bridgehead atoms. The maximum atomic E-state index is 15.3. The molecule has 7 nitrogen and oxygen atoms in total. The summed E-state index contributed by atoms with van der Waals surface area (Å²) in [6.07, 6.45) is 0. The summed E-state index contributed by atoms with van der Waals surface area (Å²) < 4.78 is 36.6. The van der Waals surface area contributed by atoms with Crippen LogP contribution >= 0.6 is 0 Å². The molecule has 3 aromatic rings. The standard InChI is InChI=1S/C29H31FO7/c1-15-17(3)26(18(4)16(2)22(15)28(32)36-14-34-7)37-29(33)23-19(5)24(30)27(20(6)25(23)31)35-13-21-11-9-8-10-12-21/h8-12,31H,13-14H2,1-7H3. The number of ether oxygens (including phenoxy) is 4. The van der Waals surface area contributed by atoms with Gasteiger partial charge >= 0.3 is 11.9 Å². The fourth-order valence-corrected chi connectivity index (χ4v) is 4.13. The lowest BCUT2D eigenvalue weighted by atomic mass is 9.93. The molecule has 0 fully saturated rings. The summed E-state index contributed by atoms with van der Waals surface area (Å²) in [5.41, 5.74) is 3.10. The van der Waals surface area contributed by atoms with Crippen LogP contribution in [-0.2, 0) is 16.1 Å². The maximum absolute atomic E-state index is 15.3. The molecule has 0 saturated carbocycles. The van der Waals surface area contributed by atoms with Gasteiger partial charge in [0.1, 0.15) is 23.7 Å². The molecular weight excluding hydrogens is 479 g/mol. The second-order valence-corrected chi connectivity index (χ2v) is 8.82. The number of aromatic hydroxyl groups is 1. The summed E-state index contributed by atoms with van der Waals surface area (Å²) in [6.45, 7) is 9.60. The number of hydrogen-bond acceptors (Lipinski definition) is 7. The second kappa shape index (κ2) is 11.4. The number of phenols is 1. The van der Waals surface area contributed by atoms with Crippen LogP contribution in [-0.4, -0.2) is 30.9 Å². The number of benzene rings is 3. The fourth-order valence-electron chi connectivity index (χ4n) is 4.13. The van der Waals surface area contributed by atoms with Gasteiger partial charge in [-0.2, -0.15) is 0 Å². The number of methoxy groups -OCH3 is 1. The lowest BCUT2D eigenvalue weighted by Gasteiger charge is -2.20. The van der Waals surface area contributed by atoms with E-state index in [1.165, 1.54) is 21.0 Å². The van der Waals surface area contributed by atoms with Crippen LogP contribution in [0.25, 0.3) is 0 Å². The Morgan fingerprint density at radius 2 is 1.38 bits per heavy atom. The number of esters is 2. The topological polar surface area (TPSA) is 91.3 Å². The van der Waals surface area contributed by atoms with Gasteiger partial charge in [-0.15, -0.1) is 0 Å². The van der Waals surface area contributed by atoms with Gasteiger partial charge in [-0.25, -0.2) is 14.0 Å². The number of hydrogen-bond donors (Lipinski definition) is 1. The van der Waals surface area contributed by atoms with Crippen LogP contribution in [0, 0.1) is 47.4 Å². The molecule has 0 radical (unpaired) electrons. The molecule has 0 aliphatic carbocycles. The molecule has 37 heavy (non-hydrogen) atoms. The first-order valence-electron chi connectivity index (χ1n) is 11.7. The van der Waals surface area contributed by atoms with E-state index in [-0.39, 0.29) is 41.6 Å². The predicted octanol–water partition coefficient (Wildman–Crippen LogP) is 5.94. The molecule has 0 amide bonds. The second-order valence-electron chi connectivity index (χ2n) is 8.82. The van der Waals surface area contributed by atoms with Crippen molar-refractivity contribution < 1.29 is 38.0 Å². The Bertz CT molecular complexity index is 1290. The Labute approximate surface area is 215 Å². The molecule has 0 spiro atoms. The van der Waals surface area contributed by atoms with Gasteiger partial charge in [0.2, 0.25) is 0 Å². The minimum atomic E-state index is -0.925. The third kappa shape index (κ3) is 5.44. The van der Waals surface area contributed by atoms with Crippen molar-refractivity contribution >= 4 is 11.9 Å². The molecule has 0 atom stereocenters. The third-order valence-electron chi connectivity index (χ3n) is 6.53. The van der Waals surface area contributed by atoms with Gasteiger partial charge in [0.15, 0.2) is 18.4 Å². The highest BCUT2D eigenvalue weighted by Crippen LogP contribution is 2.39. The quantitative estimate of drug-likeness (QED) is 0.228. The first kappa shape index (κ1) is 27.7. The van der Waals surface area contributed by atoms with E-state index in [4.69, 9.17) is 18.9 Å². The highest BCUT2D eigenvalue weighted by molar-refractivity contribution is 5.98. The Morgan fingerprint density at radius 1 is 0.784 bits per heavy atom. The van der Waals surface area contributed by atoms with Crippen LogP contribution in [0.2, 0.25) is 0 Å². The summed E-state index contributed by atoms with van der Waals surface area (Å²) in [4.78, 5) is 25.8. The minimum Gasteiger partial charge on any atom is -0.507 e. The zero-order valence-corrected chi connectivity index (χ0v) is 22.1. The number of carbonyl (C=O) groups excluding carboxylic acids is 2. The van der Waals surface area contributed by atoms with E-state index < -0.39 is 23.5 Å². The Morgan fingerprint density at radius 3 is 1.95 bits per heavy atom. The van der Waals surface area contributed by atoms with Gasteiger partial charge < -0.3 is 24.1 Å². The number of rotatable bonds is 8. The molecule has 1 N–H and O–H groups in total. The molecule has 0 saturated heterocycles. The van der Waals surface area contributed by atoms with Crippen molar-refractivity contribution in [3.8, 4) is 17.2 Å². The van der Waals surface area contributed by atoms with Gasteiger partial charge in [-0.1, -0.05) is 30.3 Å². The number of halogens is 1. The average Bonchev–Trinajstić information content (AvgIpc) is 2.88. The molecule has 0 aliphatic heterocycles. The molecule has 8 heteroatoms. The first-order valence-corrected chi connectivity index (χ1v) is 11.7. The van der Waals surface area contributed by atoms with Gasteiger partial charge in [0.25, 0.3) is 0 Å². The molecular formula is C29H31FO7. The molecule has 0 heterocycles. The molecule has 0 aliphatic rings. The highest BCUT2D eigenvalue weighted by atomic mass is 19.1. The van der Waals surface area contributed by atoms with Crippen molar-refractivity contribution in [2.75, 3.05) is 13.9 Å². The summed E-state index contributed by atoms with van der Waals surface area (Å²) in [5.74, 6) is -2.56. The number of carbonyl (C=O) groups is 2. The van der Waals surface area contributed by atoms with Gasteiger partial charge in [0, 0.05) is 18.2 Å². The van der Waals surface area contributed by atoms with Crippen LogP contribution in [0.5, 0.6) is 17.2 Å². The van der Waals surface area contributed by atoms with Crippen LogP contribution in [0.3, 0.4) is 0 Å². The van der Waals surface area contributed by atoms with E-state index in [9.17, 15) is 14.7 Å². The monoisotopic (exact) mass is 510 g/mol. The van der Waals surface area contributed by atoms with Gasteiger partial charge in [0.05, 0.1) is 5.56 Å². The van der Waals surface area contributed by atoms with Gasteiger partial charge in [-0.3, -0.25) is 0 Å². The summed E-state index contributed by atoms with van der Waals surface area (Å²) in [7, 11) is 1.41. The lowest BCUT2D eigenvalue weighted by molar-refractivity contribution is -0.0126. The third-order valence-corrected chi connectivity index (χ3v) is 6.53. The molecule has 0 unspecified atom stereocenters. The van der Waals surface area contributed by atoms with Gasteiger partial charge in [-0.05, 0) is 69.4 Å². The minimum absolute atomic E-state index is 0.0861. The lowest BCUT2D eigenvalue weighted by Crippen LogP contribution is -2.17. The van der Waals surface area contributed by atoms with Crippen molar-refractivity contribution in [2.45, 2.75) is 48.1 Å². The summed E-state index contributed by atoms with van der Waals surface area (Å²) in [6, 6.07) is 9.21. The molecule has 3 aromatic carbocycles. The number of phenolic OH excluding ortho intramolecular Hbond substituents is 1. The first-order chi connectivity index (χ1) is 17.5. The van der Waals surface area contributed by atoms with Crippen LogP contribution in [0.4, 0.5) is 4.39 Å². The van der Waals surface area contributed by atoms with Crippen molar-refractivity contribution in [3.63, 3.8) is 0 Å². The van der Waals surface area contributed by atoms with E-state index in [2.05, 4.69) is 0 Å². The summed E-state index contributed by atoms with van der Waals surface area (Å²) in [5, 5.41) is 10.9. The van der Waals surface area contributed by atoms with Crippen LogP contribution in [0.15, 0.2) is 30.3 Å². The average molecular weight is 511 g/mol. The van der Waals surface area contributed by atoms with Crippen molar-refractivity contribution in [1.82, 2.24) is 0 Å². The zero-order chi connectivity index (χ0) is 27.4. The van der Waals surface area contributed by atoms with E-state index in [0.717, 1.165) is 5.56 Å². The van der Waals surface area contributed by atoms with E-state index in [1.807, 2.05) is 30.3 Å². The Hall–Kier alpha value is -3.91. The van der Waals surface area contributed by atoms with E-state index >= 15 is 4.39 Å². The zero-order valence-electron chi connectivity index (χ0n) is 22.1. The van der Waals surface area contributed by atoms with Crippen LogP contribution < -0.4 is 9.47 Å². The highest BCUT2D eigenvalue weighted by Gasteiger charge is 2.29. The molecule has 3 rings (SSSR count). The Kier molecular flexibility index (Phi) is 8.55. The SMILES string of the molecule is COCOC(=O)c1c(C)c(C)c(OC(=O)c2c(C)c(F)c(OCc3ccccc3)c(C)c2O)c(C)c1C. The largest absolute Gasteiger partial charge is 0.507 e.